The van der Waals surface area contributed by atoms with Gasteiger partial charge < -0.3 is 10.3 Å². The molecule has 1 aliphatic carbocycles. The van der Waals surface area contributed by atoms with Gasteiger partial charge in [0, 0.05) is 5.56 Å². The molecule has 1 aromatic carbocycles. The molecule has 1 fully saturated rings. The predicted octanol–water partition coefficient (Wildman–Crippen LogP) is 2.45. The number of hydrogen-bond donors (Lipinski definition) is 1. The van der Waals surface area contributed by atoms with E-state index in [0.717, 1.165) is 5.56 Å². The molecular weight excluding hydrogens is 214 g/mol. The van der Waals surface area contributed by atoms with Crippen molar-refractivity contribution in [2.75, 3.05) is 0 Å². The predicted molar refractivity (Wildman–Crippen MR) is 64.1 cm³/mol. The van der Waals surface area contributed by atoms with Gasteiger partial charge in [-0.3, -0.25) is 0 Å². The van der Waals surface area contributed by atoms with Crippen molar-refractivity contribution in [2.45, 2.75) is 25.8 Å². The van der Waals surface area contributed by atoms with Gasteiger partial charge in [-0.25, -0.2) is 0 Å². The highest BCUT2D eigenvalue weighted by Crippen LogP contribution is 2.38. The molecule has 4 heteroatoms. The van der Waals surface area contributed by atoms with Crippen molar-refractivity contribution in [3.05, 3.63) is 35.7 Å². The summed E-state index contributed by atoms with van der Waals surface area (Å²) in [6, 6.07) is 7.94. The minimum absolute atomic E-state index is 0.0719. The van der Waals surface area contributed by atoms with Crippen LogP contribution in [0.3, 0.4) is 0 Å². The number of aromatic nitrogens is 2. The smallest absolute Gasteiger partial charge is 0.257 e. The molecule has 0 amide bonds. The van der Waals surface area contributed by atoms with Gasteiger partial charge in [-0.1, -0.05) is 22.9 Å². The summed E-state index contributed by atoms with van der Waals surface area (Å²) in [5.74, 6) is 1.72. The van der Waals surface area contributed by atoms with Crippen LogP contribution in [0.15, 0.2) is 28.8 Å². The topological polar surface area (TPSA) is 64.9 Å². The van der Waals surface area contributed by atoms with Crippen LogP contribution in [0.1, 0.15) is 30.3 Å². The Labute approximate surface area is 99.8 Å². The molecule has 1 atom stereocenters. The van der Waals surface area contributed by atoms with Gasteiger partial charge in [-0.15, -0.1) is 0 Å². The van der Waals surface area contributed by atoms with Crippen molar-refractivity contribution in [2.24, 2.45) is 11.7 Å². The summed E-state index contributed by atoms with van der Waals surface area (Å²) in [5.41, 5.74) is 8.16. The molecule has 1 saturated carbocycles. The molecule has 0 radical (unpaired) electrons. The zero-order chi connectivity index (χ0) is 11.8. The molecule has 1 unspecified atom stereocenters. The van der Waals surface area contributed by atoms with E-state index in [9.17, 15) is 0 Å². The normalized spacial score (nSPS) is 17.1. The van der Waals surface area contributed by atoms with E-state index >= 15 is 0 Å². The Morgan fingerprint density at radius 2 is 2.24 bits per heavy atom. The molecule has 2 aromatic rings. The quantitative estimate of drug-likeness (QED) is 0.878. The fraction of sp³-hybridized carbons (Fsp3) is 0.385. The zero-order valence-corrected chi connectivity index (χ0v) is 9.76. The summed E-state index contributed by atoms with van der Waals surface area (Å²) in [5, 5.41) is 3.97. The summed E-state index contributed by atoms with van der Waals surface area (Å²) in [6.45, 7) is 2.04. The van der Waals surface area contributed by atoms with Crippen molar-refractivity contribution in [1.29, 1.82) is 0 Å². The number of aryl methyl sites for hydroxylation is 1. The number of benzene rings is 1. The van der Waals surface area contributed by atoms with Crippen LogP contribution in [0.5, 0.6) is 0 Å². The van der Waals surface area contributed by atoms with E-state index in [-0.39, 0.29) is 6.04 Å². The standard InChI is InChI=1S/C13H15N3O/c1-8-3-2-4-10(7-8)13-15-12(16-17-13)11(14)9-5-6-9/h2-4,7,9,11H,5-6,14H2,1H3. The molecule has 0 saturated heterocycles. The van der Waals surface area contributed by atoms with Crippen LogP contribution >= 0.6 is 0 Å². The second-order valence-electron chi connectivity index (χ2n) is 4.69. The van der Waals surface area contributed by atoms with Gasteiger partial charge in [0.1, 0.15) is 0 Å². The van der Waals surface area contributed by atoms with E-state index in [1.807, 2.05) is 31.2 Å². The highest BCUT2D eigenvalue weighted by molar-refractivity contribution is 5.53. The Bertz CT molecular complexity index is 531. The van der Waals surface area contributed by atoms with Crippen LogP contribution in [-0.2, 0) is 0 Å². The Balaban J connectivity index is 1.89. The molecule has 88 valence electrons. The monoisotopic (exact) mass is 229 g/mol. The molecule has 0 spiro atoms. The zero-order valence-electron chi connectivity index (χ0n) is 9.76. The van der Waals surface area contributed by atoms with Crippen LogP contribution in [-0.4, -0.2) is 10.1 Å². The third kappa shape index (κ3) is 2.08. The third-order valence-electron chi connectivity index (χ3n) is 3.13. The lowest BCUT2D eigenvalue weighted by molar-refractivity contribution is 0.411. The molecule has 0 aliphatic heterocycles. The Morgan fingerprint density at radius 1 is 1.41 bits per heavy atom. The number of nitrogens with two attached hydrogens (primary N) is 1. The van der Waals surface area contributed by atoms with Gasteiger partial charge in [0.15, 0.2) is 5.82 Å². The molecule has 0 bridgehead atoms. The second kappa shape index (κ2) is 3.96. The van der Waals surface area contributed by atoms with Crippen LogP contribution in [0.2, 0.25) is 0 Å². The summed E-state index contributed by atoms with van der Waals surface area (Å²) < 4.78 is 5.26. The highest BCUT2D eigenvalue weighted by atomic mass is 16.5. The van der Waals surface area contributed by atoms with Crippen molar-refractivity contribution in [3.8, 4) is 11.5 Å². The largest absolute Gasteiger partial charge is 0.334 e. The van der Waals surface area contributed by atoms with E-state index in [1.54, 1.807) is 0 Å². The number of rotatable bonds is 3. The van der Waals surface area contributed by atoms with Crippen molar-refractivity contribution < 1.29 is 4.52 Å². The number of hydrogen-bond acceptors (Lipinski definition) is 4. The van der Waals surface area contributed by atoms with Crippen LogP contribution in [0.4, 0.5) is 0 Å². The molecule has 4 nitrogen and oxygen atoms in total. The maximum absolute atomic E-state index is 6.04. The lowest BCUT2D eigenvalue weighted by Crippen LogP contribution is -2.13. The molecule has 3 rings (SSSR count). The molecule has 2 N–H and O–H groups in total. The first kappa shape index (κ1) is 10.5. The van der Waals surface area contributed by atoms with Gasteiger partial charge in [0.25, 0.3) is 5.89 Å². The first-order valence-electron chi connectivity index (χ1n) is 5.90. The molecule has 1 heterocycles. The van der Waals surface area contributed by atoms with Gasteiger partial charge in [0.2, 0.25) is 0 Å². The minimum atomic E-state index is -0.0719. The molecule has 1 aliphatic rings. The number of nitrogens with zero attached hydrogens (tertiary/aromatic N) is 2. The van der Waals surface area contributed by atoms with Crippen molar-refractivity contribution in [1.82, 2.24) is 10.1 Å². The fourth-order valence-electron chi connectivity index (χ4n) is 1.93. The summed E-state index contributed by atoms with van der Waals surface area (Å²) in [6.07, 6.45) is 2.35. The third-order valence-corrected chi connectivity index (χ3v) is 3.13. The maximum atomic E-state index is 6.04. The first-order valence-corrected chi connectivity index (χ1v) is 5.90. The van der Waals surface area contributed by atoms with Crippen LogP contribution in [0, 0.1) is 12.8 Å². The Morgan fingerprint density at radius 3 is 2.94 bits per heavy atom. The summed E-state index contributed by atoms with van der Waals surface area (Å²) in [7, 11) is 0. The second-order valence-corrected chi connectivity index (χ2v) is 4.69. The highest BCUT2D eigenvalue weighted by Gasteiger charge is 2.32. The van der Waals surface area contributed by atoms with E-state index < -0.39 is 0 Å². The van der Waals surface area contributed by atoms with E-state index in [0.29, 0.717) is 17.6 Å². The Hall–Kier alpha value is -1.68. The first-order chi connectivity index (χ1) is 8.24. The van der Waals surface area contributed by atoms with Gasteiger partial charge in [0.05, 0.1) is 6.04 Å². The summed E-state index contributed by atoms with van der Waals surface area (Å²) in [4.78, 5) is 4.38. The van der Waals surface area contributed by atoms with E-state index in [1.165, 1.54) is 18.4 Å². The summed E-state index contributed by atoms with van der Waals surface area (Å²) >= 11 is 0. The molecule has 1 aromatic heterocycles. The maximum Gasteiger partial charge on any atom is 0.257 e. The van der Waals surface area contributed by atoms with Gasteiger partial charge >= 0.3 is 0 Å². The van der Waals surface area contributed by atoms with Crippen LogP contribution < -0.4 is 5.73 Å². The van der Waals surface area contributed by atoms with Crippen molar-refractivity contribution >= 4 is 0 Å². The molecular formula is C13H15N3O. The Kier molecular flexibility index (Phi) is 2.44. The SMILES string of the molecule is Cc1cccc(-c2nc(C(N)C3CC3)no2)c1. The van der Waals surface area contributed by atoms with E-state index in [2.05, 4.69) is 10.1 Å². The lowest BCUT2D eigenvalue weighted by Gasteiger charge is -2.01. The fourth-order valence-corrected chi connectivity index (χ4v) is 1.93. The average molecular weight is 229 g/mol. The van der Waals surface area contributed by atoms with Gasteiger partial charge in [-0.2, -0.15) is 4.98 Å². The van der Waals surface area contributed by atoms with E-state index in [4.69, 9.17) is 10.3 Å². The molecule has 17 heavy (non-hydrogen) atoms. The average Bonchev–Trinajstić information content (AvgIpc) is 3.05. The van der Waals surface area contributed by atoms with Gasteiger partial charge in [-0.05, 0) is 37.8 Å². The minimum Gasteiger partial charge on any atom is -0.334 e. The van der Waals surface area contributed by atoms with Crippen LogP contribution in [0.25, 0.3) is 11.5 Å². The lowest BCUT2D eigenvalue weighted by atomic mass is 10.1. The van der Waals surface area contributed by atoms with Crippen molar-refractivity contribution in [3.63, 3.8) is 0 Å².